The standard InChI is InChI=1S/C9H4F2I2O4/c10-9(11,8(15)16)17-7-5(12)1-4(3-14)2-6(7)13/h1-3H,(H,15,16)/p-1. The number of halogens is 4. The van der Waals surface area contributed by atoms with E-state index in [0.717, 1.165) is 0 Å². The minimum absolute atomic E-state index is 0.206. The highest BCUT2D eigenvalue weighted by molar-refractivity contribution is 14.1. The molecule has 1 rings (SSSR count). The smallest absolute Gasteiger partial charge is 0.441 e. The van der Waals surface area contributed by atoms with Crippen LogP contribution in [0.4, 0.5) is 8.78 Å². The summed E-state index contributed by atoms with van der Waals surface area (Å²) in [7, 11) is 0. The number of rotatable bonds is 4. The van der Waals surface area contributed by atoms with Gasteiger partial charge in [0.1, 0.15) is 6.29 Å². The Balaban J connectivity index is 3.16. The van der Waals surface area contributed by atoms with Crippen molar-refractivity contribution in [1.29, 1.82) is 0 Å². The van der Waals surface area contributed by atoms with E-state index in [1.807, 2.05) is 0 Å². The van der Waals surface area contributed by atoms with Gasteiger partial charge in [0.25, 0.3) is 0 Å². The van der Waals surface area contributed by atoms with Crippen molar-refractivity contribution in [3.05, 3.63) is 24.8 Å². The van der Waals surface area contributed by atoms with E-state index in [1.165, 1.54) is 12.1 Å². The molecular formula is C9H3F2I2O4-. The lowest BCUT2D eigenvalue weighted by molar-refractivity contribution is -0.350. The van der Waals surface area contributed by atoms with Gasteiger partial charge in [-0.05, 0) is 57.3 Å². The summed E-state index contributed by atoms with van der Waals surface area (Å²) in [5.74, 6) is -2.92. The lowest BCUT2D eigenvalue weighted by Gasteiger charge is -2.20. The van der Waals surface area contributed by atoms with Crippen molar-refractivity contribution in [2.75, 3.05) is 0 Å². The average Bonchev–Trinajstić information content (AvgIpc) is 2.22. The maximum Gasteiger partial charge on any atom is 0.441 e. The van der Waals surface area contributed by atoms with Crippen LogP contribution in [0.15, 0.2) is 12.1 Å². The van der Waals surface area contributed by atoms with Crippen molar-refractivity contribution in [2.24, 2.45) is 0 Å². The topological polar surface area (TPSA) is 66.4 Å². The maximum absolute atomic E-state index is 12.8. The molecule has 8 heteroatoms. The fourth-order valence-corrected chi connectivity index (χ4v) is 2.95. The van der Waals surface area contributed by atoms with E-state index >= 15 is 0 Å². The van der Waals surface area contributed by atoms with Crippen LogP contribution in [-0.2, 0) is 4.79 Å². The number of carbonyl (C=O) groups excluding carboxylic acids is 2. The van der Waals surface area contributed by atoms with E-state index in [1.54, 1.807) is 45.2 Å². The zero-order chi connectivity index (χ0) is 13.2. The fraction of sp³-hybridized carbons (Fsp3) is 0.111. The molecule has 0 saturated heterocycles. The quantitative estimate of drug-likeness (QED) is 0.497. The Labute approximate surface area is 122 Å². The molecule has 0 unspecified atom stereocenters. The molecule has 0 radical (unpaired) electrons. The first-order valence-corrected chi connectivity index (χ1v) is 6.16. The monoisotopic (exact) mass is 467 g/mol. The van der Waals surface area contributed by atoms with Gasteiger partial charge in [-0.1, -0.05) is 0 Å². The van der Waals surface area contributed by atoms with Gasteiger partial charge in [0.05, 0.1) is 7.14 Å². The van der Waals surface area contributed by atoms with Crippen LogP contribution in [-0.4, -0.2) is 18.4 Å². The highest BCUT2D eigenvalue weighted by atomic mass is 127. The SMILES string of the molecule is O=Cc1cc(I)c(OC(F)(F)C(=O)[O-])c(I)c1. The summed E-state index contributed by atoms with van der Waals surface area (Å²) in [6, 6.07) is 2.60. The maximum atomic E-state index is 12.8. The lowest BCUT2D eigenvalue weighted by atomic mass is 10.2. The van der Waals surface area contributed by atoms with E-state index in [-0.39, 0.29) is 18.5 Å². The van der Waals surface area contributed by atoms with Crippen LogP contribution >= 0.6 is 45.2 Å². The molecule has 92 valence electrons. The van der Waals surface area contributed by atoms with Crippen molar-refractivity contribution in [1.82, 2.24) is 0 Å². The van der Waals surface area contributed by atoms with E-state index < -0.39 is 12.1 Å². The zero-order valence-electron chi connectivity index (χ0n) is 7.88. The number of carboxylic acid groups (broad SMARTS) is 1. The van der Waals surface area contributed by atoms with Crippen molar-refractivity contribution >= 4 is 57.4 Å². The van der Waals surface area contributed by atoms with Crippen LogP contribution in [0.5, 0.6) is 5.75 Å². The van der Waals surface area contributed by atoms with Crippen molar-refractivity contribution < 1.29 is 28.2 Å². The van der Waals surface area contributed by atoms with Crippen LogP contribution < -0.4 is 9.84 Å². The Morgan fingerprint density at radius 3 is 2.18 bits per heavy atom. The highest BCUT2D eigenvalue weighted by Crippen LogP contribution is 2.32. The minimum Gasteiger partial charge on any atom is -0.541 e. The molecule has 0 aliphatic heterocycles. The molecule has 0 saturated carbocycles. The Hall–Kier alpha value is -0.520. The first-order chi connectivity index (χ1) is 7.77. The molecule has 1 aromatic rings. The molecule has 0 spiro atoms. The molecular weight excluding hydrogens is 464 g/mol. The summed E-state index contributed by atoms with van der Waals surface area (Å²) in [6.45, 7) is 0. The number of carboxylic acids is 1. The summed E-state index contributed by atoms with van der Waals surface area (Å²) in [4.78, 5) is 20.6. The summed E-state index contributed by atoms with van der Waals surface area (Å²) in [6.07, 6.45) is -3.87. The number of ether oxygens (including phenoxy) is 1. The Kier molecular flexibility index (Phi) is 4.63. The Morgan fingerprint density at radius 2 is 1.82 bits per heavy atom. The number of aliphatic carboxylic acids is 1. The second-order valence-electron chi connectivity index (χ2n) is 2.84. The predicted octanol–water partition coefficient (Wildman–Crippen LogP) is 1.43. The average molecular weight is 467 g/mol. The number of alkyl halides is 2. The molecule has 0 fully saturated rings. The van der Waals surface area contributed by atoms with E-state index in [4.69, 9.17) is 0 Å². The third-order valence-corrected chi connectivity index (χ3v) is 3.23. The van der Waals surface area contributed by atoms with E-state index in [9.17, 15) is 23.5 Å². The molecule has 0 atom stereocenters. The van der Waals surface area contributed by atoms with Crippen molar-refractivity contribution in [2.45, 2.75) is 6.11 Å². The predicted molar refractivity (Wildman–Crippen MR) is 67.8 cm³/mol. The Morgan fingerprint density at radius 1 is 1.35 bits per heavy atom. The van der Waals surface area contributed by atoms with Gasteiger partial charge in [-0.25, -0.2) is 0 Å². The summed E-state index contributed by atoms with van der Waals surface area (Å²) < 4.78 is 30.1. The first kappa shape index (κ1) is 14.5. The number of hydrogen-bond acceptors (Lipinski definition) is 4. The van der Waals surface area contributed by atoms with Gasteiger partial charge in [-0.2, -0.15) is 8.78 Å². The molecule has 0 heterocycles. The second kappa shape index (κ2) is 5.42. The van der Waals surface area contributed by atoms with Crippen molar-refractivity contribution in [3.8, 4) is 5.75 Å². The summed E-state index contributed by atoms with van der Waals surface area (Å²) in [5.41, 5.74) is 0.280. The van der Waals surface area contributed by atoms with Gasteiger partial charge < -0.3 is 14.6 Å². The normalized spacial score (nSPS) is 11.1. The molecule has 1 aromatic carbocycles. The molecule has 17 heavy (non-hydrogen) atoms. The van der Waals surface area contributed by atoms with E-state index in [2.05, 4.69) is 4.74 Å². The minimum atomic E-state index is -4.41. The van der Waals surface area contributed by atoms with Gasteiger partial charge in [0.2, 0.25) is 0 Å². The Bertz CT molecular complexity index is 453. The number of benzene rings is 1. The van der Waals surface area contributed by atoms with Crippen LogP contribution in [0.1, 0.15) is 10.4 Å². The van der Waals surface area contributed by atoms with Crippen LogP contribution in [0.3, 0.4) is 0 Å². The molecule has 0 aromatic heterocycles. The molecule has 0 aliphatic rings. The van der Waals surface area contributed by atoms with Crippen LogP contribution in [0.25, 0.3) is 0 Å². The van der Waals surface area contributed by atoms with Crippen LogP contribution in [0, 0.1) is 7.14 Å². The third kappa shape index (κ3) is 3.47. The zero-order valence-corrected chi connectivity index (χ0v) is 12.2. The molecule has 0 N–H and O–H groups in total. The lowest BCUT2D eigenvalue weighted by Crippen LogP contribution is -2.46. The second-order valence-corrected chi connectivity index (χ2v) is 5.16. The summed E-state index contributed by atoms with van der Waals surface area (Å²) in [5, 5.41) is 10.1. The van der Waals surface area contributed by atoms with Gasteiger partial charge in [0, 0.05) is 5.56 Å². The largest absolute Gasteiger partial charge is 0.541 e. The highest BCUT2D eigenvalue weighted by Gasteiger charge is 2.35. The van der Waals surface area contributed by atoms with E-state index in [0.29, 0.717) is 6.29 Å². The summed E-state index contributed by atoms with van der Waals surface area (Å²) >= 11 is 3.33. The van der Waals surface area contributed by atoms with Crippen molar-refractivity contribution in [3.63, 3.8) is 0 Å². The molecule has 0 bridgehead atoms. The molecule has 0 aliphatic carbocycles. The first-order valence-electron chi connectivity index (χ1n) is 4.00. The van der Waals surface area contributed by atoms with Gasteiger partial charge in [-0.3, -0.25) is 4.79 Å². The number of carbonyl (C=O) groups is 2. The molecule has 4 nitrogen and oxygen atoms in total. The number of aldehydes is 1. The molecule has 0 amide bonds. The fourth-order valence-electron chi connectivity index (χ4n) is 0.915. The van der Waals surface area contributed by atoms with Gasteiger partial charge >= 0.3 is 6.11 Å². The third-order valence-electron chi connectivity index (χ3n) is 1.62. The van der Waals surface area contributed by atoms with Crippen LogP contribution in [0.2, 0.25) is 0 Å². The van der Waals surface area contributed by atoms with Gasteiger partial charge in [-0.15, -0.1) is 0 Å². The number of hydrogen-bond donors (Lipinski definition) is 0. The van der Waals surface area contributed by atoms with Gasteiger partial charge in [0.15, 0.2) is 11.7 Å².